The minimum absolute atomic E-state index is 0.0251. The topological polar surface area (TPSA) is 81.1 Å². The summed E-state index contributed by atoms with van der Waals surface area (Å²) in [5.41, 5.74) is -0.816. The van der Waals surface area contributed by atoms with Crippen molar-refractivity contribution in [3.05, 3.63) is 28.7 Å². The molecule has 0 radical (unpaired) electrons. The number of likely N-dealkylation sites (tertiary alicyclic amines) is 1. The van der Waals surface area contributed by atoms with Crippen molar-refractivity contribution in [3.63, 3.8) is 0 Å². The van der Waals surface area contributed by atoms with Crippen LogP contribution in [0, 0.1) is 0 Å². The van der Waals surface area contributed by atoms with E-state index >= 15 is 0 Å². The van der Waals surface area contributed by atoms with Crippen LogP contribution < -0.4 is 10.3 Å². The summed E-state index contributed by atoms with van der Waals surface area (Å²) in [6, 6.07) is 3.25. The maximum Gasteiger partial charge on any atom is 0.410 e. The highest BCUT2D eigenvalue weighted by molar-refractivity contribution is 5.76. The molecule has 2 aliphatic heterocycles. The standard InChI is InChI=1S/C17H23N3O5/c1-18-12-17(25-16(18)23)6-4-9-19(10-7-17)14(21)11-20-8-3-5-13(24-2)15(20)22/h3,5,8H,4,6-7,9-12H2,1-2H3. The third-order valence-electron chi connectivity index (χ3n) is 4.90. The van der Waals surface area contributed by atoms with Crippen LogP contribution in [-0.2, 0) is 16.1 Å². The van der Waals surface area contributed by atoms with Crippen LogP contribution >= 0.6 is 0 Å². The first-order chi connectivity index (χ1) is 11.9. The number of nitrogens with zero attached hydrogens (tertiary/aromatic N) is 3. The van der Waals surface area contributed by atoms with Gasteiger partial charge >= 0.3 is 6.09 Å². The Bertz CT molecular complexity index is 731. The molecule has 0 bridgehead atoms. The van der Waals surface area contributed by atoms with Crippen LogP contribution in [0.3, 0.4) is 0 Å². The molecule has 0 N–H and O–H groups in total. The monoisotopic (exact) mass is 349 g/mol. The molecule has 1 unspecified atom stereocenters. The Morgan fingerprint density at radius 1 is 1.32 bits per heavy atom. The number of carbonyl (C=O) groups excluding carboxylic acids is 2. The lowest BCUT2D eigenvalue weighted by Crippen LogP contribution is -2.39. The van der Waals surface area contributed by atoms with Gasteiger partial charge in [0, 0.05) is 32.8 Å². The van der Waals surface area contributed by atoms with E-state index in [-0.39, 0.29) is 29.9 Å². The molecule has 2 saturated heterocycles. The van der Waals surface area contributed by atoms with Crippen molar-refractivity contribution in [1.29, 1.82) is 0 Å². The van der Waals surface area contributed by atoms with E-state index in [2.05, 4.69) is 0 Å². The van der Waals surface area contributed by atoms with Crippen molar-refractivity contribution >= 4 is 12.0 Å². The number of aromatic nitrogens is 1. The van der Waals surface area contributed by atoms with Crippen molar-refractivity contribution in [1.82, 2.24) is 14.4 Å². The largest absolute Gasteiger partial charge is 0.491 e. The number of rotatable bonds is 3. The van der Waals surface area contributed by atoms with Crippen molar-refractivity contribution < 1.29 is 19.1 Å². The molecular weight excluding hydrogens is 326 g/mol. The van der Waals surface area contributed by atoms with Gasteiger partial charge in [-0.1, -0.05) is 0 Å². The van der Waals surface area contributed by atoms with Gasteiger partial charge in [-0.25, -0.2) is 4.79 Å². The van der Waals surface area contributed by atoms with Crippen molar-refractivity contribution in [2.75, 3.05) is 33.8 Å². The summed E-state index contributed by atoms with van der Waals surface area (Å²) < 4.78 is 11.9. The zero-order valence-corrected chi connectivity index (χ0v) is 14.6. The number of hydrogen-bond acceptors (Lipinski definition) is 5. The van der Waals surface area contributed by atoms with E-state index in [1.54, 1.807) is 35.2 Å². The molecule has 8 heteroatoms. The Morgan fingerprint density at radius 3 is 2.80 bits per heavy atom. The minimum atomic E-state index is -0.492. The number of hydrogen-bond donors (Lipinski definition) is 0. The fourth-order valence-electron chi connectivity index (χ4n) is 3.51. The summed E-state index contributed by atoms with van der Waals surface area (Å²) >= 11 is 0. The molecule has 1 aromatic rings. The second-order valence-corrected chi connectivity index (χ2v) is 6.65. The Labute approximate surface area is 145 Å². The molecule has 0 aromatic carbocycles. The number of ether oxygens (including phenoxy) is 2. The second-order valence-electron chi connectivity index (χ2n) is 6.65. The fraction of sp³-hybridized carbons (Fsp3) is 0.588. The molecule has 3 heterocycles. The van der Waals surface area contributed by atoms with Crippen molar-refractivity contribution in [3.8, 4) is 5.75 Å². The number of likely N-dealkylation sites (N-methyl/N-ethyl adjacent to an activating group) is 1. The molecular formula is C17H23N3O5. The molecule has 3 rings (SSSR count). The van der Waals surface area contributed by atoms with E-state index in [1.807, 2.05) is 0 Å². The Kier molecular flexibility index (Phi) is 4.69. The number of amides is 2. The van der Waals surface area contributed by atoms with Crippen LogP contribution in [0.5, 0.6) is 5.75 Å². The zero-order valence-electron chi connectivity index (χ0n) is 14.6. The lowest BCUT2D eigenvalue weighted by atomic mass is 9.95. The van der Waals surface area contributed by atoms with Gasteiger partial charge < -0.3 is 23.8 Å². The average molecular weight is 349 g/mol. The van der Waals surface area contributed by atoms with Gasteiger partial charge in [-0.3, -0.25) is 9.59 Å². The van der Waals surface area contributed by atoms with Gasteiger partial charge in [-0.2, -0.15) is 0 Å². The van der Waals surface area contributed by atoms with E-state index in [4.69, 9.17) is 9.47 Å². The molecule has 0 aliphatic carbocycles. The normalized spacial score (nSPS) is 23.5. The summed E-state index contributed by atoms with van der Waals surface area (Å²) in [6.45, 7) is 1.64. The predicted octanol–water partition coefficient (Wildman–Crippen LogP) is 0.690. The summed E-state index contributed by atoms with van der Waals surface area (Å²) in [6.07, 6.45) is 3.39. The van der Waals surface area contributed by atoms with Crippen molar-refractivity contribution in [2.45, 2.75) is 31.4 Å². The molecule has 1 aromatic heterocycles. The lowest BCUT2D eigenvalue weighted by molar-refractivity contribution is -0.132. The summed E-state index contributed by atoms with van der Waals surface area (Å²) in [5, 5.41) is 0. The second kappa shape index (κ2) is 6.78. The molecule has 2 aliphatic rings. The van der Waals surface area contributed by atoms with E-state index in [9.17, 15) is 14.4 Å². The smallest absolute Gasteiger partial charge is 0.410 e. The number of carbonyl (C=O) groups is 2. The third-order valence-corrected chi connectivity index (χ3v) is 4.90. The maximum atomic E-state index is 12.6. The van der Waals surface area contributed by atoms with Gasteiger partial charge in [0.25, 0.3) is 5.56 Å². The average Bonchev–Trinajstić information content (AvgIpc) is 2.74. The molecule has 1 atom stereocenters. The van der Waals surface area contributed by atoms with E-state index in [1.165, 1.54) is 11.7 Å². The molecule has 25 heavy (non-hydrogen) atoms. The third kappa shape index (κ3) is 3.47. The van der Waals surface area contributed by atoms with Gasteiger partial charge in [0.15, 0.2) is 5.75 Å². The number of pyridine rings is 1. The van der Waals surface area contributed by atoms with Crippen LogP contribution in [0.15, 0.2) is 23.1 Å². The molecule has 2 fully saturated rings. The van der Waals surface area contributed by atoms with Gasteiger partial charge in [0.2, 0.25) is 5.91 Å². The highest BCUT2D eigenvalue weighted by Crippen LogP contribution is 2.32. The highest BCUT2D eigenvalue weighted by Gasteiger charge is 2.44. The van der Waals surface area contributed by atoms with Gasteiger partial charge in [-0.15, -0.1) is 0 Å². The van der Waals surface area contributed by atoms with Crippen LogP contribution in [0.2, 0.25) is 0 Å². The quantitative estimate of drug-likeness (QED) is 0.802. The Morgan fingerprint density at radius 2 is 2.12 bits per heavy atom. The van der Waals surface area contributed by atoms with E-state index in [0.717, 1.165) is 12.8 Å². The molecule has 8 nitrogen and oxygen atoms in total. The first kappa shape index (κ1) is 17.3. The van der Waals surface area contributed by atoms with Gasteiger partial charge in [0.05, 0.1) is 13.7 Å². The van der Waals surface area contributed by atoms with E-state index in [0.29, 0.717) is 26.1 Å². The van der Waals surface area contributed by atoms with Gasteiger partial charge in [0.1, 0.15) is 12.1 Å². The molecule has 1 spiro atoms. The first-order valence-electron chi connectivity index (χ1n) is 8.39. The predicted molar refractivity (Wildman–Crippen MR) is 89.5 cm³/mol. The molecule has 2 amide bonds. The van der Waals surface area contributed by atoms with Crippen LogP contribution in [-0.4, -0.2) is 65.8 Å². The SMILES string of the molecule is COc1cccn(CC(=O)N2CCCC3(CC2)CN(C)C(=O)O3)c1=O. The van der Waals surface area contributed by atoms with E-state index < -0.39 is 5.60 Å². The summed E-state index contributed by atoms with van der Waals surface area (Å²) in [4.78, 5) is 39.8. The van der Waals surface area contributed by atoms with Gasteiger partial charge in [-0.05, 0) is 25.0 Å². The lowest BCUT2D eigenvalue weighted by Gasteiger charge is -2.25. The Hall–Kier alpha value is -2.51. The minimum Gasteiger partial charge on any atom is -0.491 e. The molecule has 136 valence electrons. The fourth-order valence-corrected chi connectivity index (χ4v) is 3.51. The Balaban J connectivity index is 1.66. The number of methoxy groups -OCH3 is 1. The molecule has 0 saturated carbocycles. The summed E-state index contributed by atoms with van der Waals surface area (Å²) in [7, 11) is 3.15. The highest BCUT2D eigenvalue weighted by atomic mass is 16.6. The maximum absolute atomic E-state index is 12.6. The van der Waals surface area contributed by atoms with Crippen LogP contribution in [0.25, 0.3) is 0 Å². The van der Waals surface area contributed by atoms with Crippen LogP contribution in [0.4, 0.5) is 4.79 Å². The first-order valence-corrected chi connectivity index (χ1v) is 8.39. The van der Waals surface area contributed by atoms with Crippen LogP contribution in [0.1, 0.15) is 19.3 Å². The zero-order chi connectivity index (χ0) is 18.0. The summed E-state index contributed by atoms with van der Waals surface area (Å²) in [5.74, 6) is 0.0936. The van der Waals surface area contributed by atoms with Crippen molar-refractivity contribution in [2.24, 2.45) is 0 Å².